The molecule has 4 nitrogen and oxygen atoms in total. The van der Waals surface area contributed by atoms with Gasteiger partial charge in [0, 0.05) is 6.07 Å². The van der Waals surface area contributed by atoms with Crippen LogP contribution in [0.4, 0.5) is 19.5 Å². The molecule has 0 spiro atoms. The van der Waals surface area contributed by atoms with E-state index in [-0.39, 0.29) is 21.8 Å². The summed E-state index contributed by atoms with van der Waals surface area (Å²) >= 11 is 0.887. The molecule has 2 N–H and O–H groups in total. The van der Waals surface area contributed by atoms with Crippen molar-refractivity contribution in [3.63, 3.8) is 0 Å². The van der Waals surface area contributed by atoms with Gasteiger partial charge in [0.25, 0.3) is 0 Å². The van der Waals surface area contributed by atoms with E-state index >= 15 is 0 Å². The number of carbonyl (C=O) groups is 1. The molecule has 1 heterocycles. The first-order valence-corrected chi connectivity index (χ1v) is 6.09. The molecule has 0 aliphatic carbocycles. The van der Waals surface area contributed by atoms with Crippen LogP contribution in [0.2, 0.25) is 0 Å². The summed E-state index contributed by atoms with van der Waals surface area (Å²) in [4.78, 5) is 11.1. The van der Waals surface area contributed by atoms with Gasteiger partial charge < -0.3 is 10.4 Å². The van der Waals surface area contributed by atoms with Gasteiger partial charge in [0.15, 0.2) is 0 Å². The number of carboxylic acid groups (broad SMARTS) is 1. The molecular weight excluding hydrogens is 274 g/mol. The number of rotatable bonds is 3. The van der Waals surface area contributed by atoms with Crippen molar-refractivity contribution in [2.45, 2.75) is 13.8 Å². The molecule has 7 heteroatoms. The monoisotopic (exact) mass is 284 g/mol. The van der Waals surface area contributed by atoms with Crippen LogP contribution in [0.15, 0.2) is 12.1 Å². The average molecular weight is 284 g/mol. The summed E-state index contributed by atoms with van der Waals surface area (Å²) in [6, 6.07) is 2.04. The zero-order valence-corrected chi connectivity index (χ0v) is 10.9. The number of benzene rings is 1. The lowest BCUT2D eigenvalue weighted by Gasteiger charge is -2.07. The second-order valence-electron chi connectivity index (χ2n) is 3.98. The molecule has 0 unspecified atom stereocenters. The maximum Gasteiger partial charge on any atom is 0.340 e. The van der Waals surface area contributed by atoms with Crippen LogP contribution < -0.4 is 5.32 Å². The minimum atomic E-state index is -1.17. The first kappa shape index (κ1) is 13.4. The number of aromatic carboxylic acids is 1. The summed E-state index contributed by atoms with van der Waals surface area (Å²) in [5.74, 6) is -2.38. The van der Waals surface area contributed by atoms with Gasteiger partial charge in [0.2, 0.25) is 0 Å². The van der Waals surface area contributed by atoms with Crippen molar-refractivity contribution in [2.75, 3.05) is 5.32 Å². The molecule has 0 atom stereocenters. The topological polar surface area (TPSA) is 62.2 Å². The molecule has 19 heavy (non-hydrogen) atoms. The lowest BCUT2D eigenvalue weighted by atomic mass is 10.2. The van der Waals surface area contributed by atoms with E-state index in [4.69, 9.17) is 5.11 Å². The van der Waals surface area contributed by atoms with Crippen molar-refractivity contribution in [3.8, 4) is 0 Å². The van der Waals surface area contributed by atoms with E-state index in [0.29, 0.717) is 5.69 Å². The number of halogens is 2. The zero-order chi connectivity index (χ0) is 14.2. The van der Waals surface area contributed by atoms with Gasteiger partial charge in [0.05, 0.1) is 11.4 Å². The van der Waals surface area contributed by atoms with Crippen molar-refractivity contribution in [2.24, 2.45) is 0 Å². The molecule has 0 bridgehead atoms. The molecule has 0 amide bonds. The van der Waals surface area contributed by atoms with E-state index < -0.39 is 17.6 Å². The molecule has 1 aromatic heterocycles. The van der Waals surface area contributed by atoms with Crippen LogP contribution in [0.3, 0.4) is 0 Å². The van der Waals surface area contributed by atoms with E-state index in [2.05, 4.69) is 9.69 Å². The number of carboxylic acids is 1. The molecule has 0 saturated carbocycles. The number of aryl methyl sites for hydroxylation is 2. The normalized spacial score (nSPS) is 10.5. The summed E-state index contributed by atoms with van der Waals surface area (Å²) < 4.78 is 30.9. The SMILES string of the molecule is Cc1cc(F)c(Nc2snc(C)c2C(=O)O)cc1F. The van der Waals surface area contributed by atoms with Crippen molar-refractivity contribution < 1.29 is 18.7 Å². The zero-order valence-electron chi connectivity index (χ0n) is 10.1. The number of hydrogen-bond donors (Lipinski definition) is 2. The summed E-state index contributed by atoms with van der Waals surface area (Å²) in [5, 5.41) is 11.8. The molecule has 0 saturated heterocycles. The Morgan fingerprint density at radius 3 is 2.63 bits per heavy atom. The molecule has 2 aromatic rings. The summed E-state index contributed by atoms with van der Waals surface area (Å²) in [6.07, 6.45) is 0. The van der Waals surface area contributed by atoms with Crippen LogP contribution in [0.25, 0.3) is 0 Å². The highest BCUT2D eigenvalue weighted by Crippen LogP contribution is 2.30. The lowest BCUT2D eigenvalue weighted by molar-refractivity contribution is 0.0697. The Balaban J connectivity index is 2.42. The van der Waals surface area contributed by atoms with Gasteiger partial charge in [0.1, 0.15) is 22.2 Å². The Bertz CT molecular complexity index is 655. The van der Waals surface area contributed by atoms with E-state index in [0.717, 1.165) is 23.7 Å². The third-order valence-corrected chi connectivity index (χ3v) is 3.43. The smallest absolute Gasteiger partial charge is 0.340 e. The van der Waals surface area contributed by atoms with Crippen LogP contribution in [0.5, 0.6) is 0 Å². The Kier molecular flexibility index (Phi) is 3.48. The second-order valence-corrected chi connectivity index (χ2v) is 4.76. The van der Waals surface area contributed by atoms with Gasteiger partial charge in [-0.2, -0.15) is 4.37 Å². The molecule has 1 aromatic carbocycles. The van der Waals surface area contributed by atoms with E-state index in [9.17, 15) is 13.6 Å². The molecule has 0 fully saturated rings. The van der Waals surface area contributed by atoms with E-state index in [1.54, 1.807) is 0 Å². The van der Waals surface area contributed by atoms with Gasteiger partial charge in [-0.1, -0.05) is 0 Å². The lowest BCUT2D eigenvalue weighted by Crippen LogP contribution is -2.03. The van der Waals surface area contributed by atoms with Crippen LogP contribution in [0.1, 0.15) is 21.6 Å². The molecule has 0 aliphatic heterocycles. The highest BCUT2D eigenvalue weighted by molar-refractivity contribution is 7.10. The third kappa shape index (κ3) is 2.55. The van der Waals surface area contributed by atoms with Crippen LogP contribution in [-0.2, 0) is 0 Å². The van der Waals surface area contributed by atoms with E-state index in [1.165, 1.54) is 13.8 Å². The van der Waals surface area contributed by atoms with E-state index in [1.807, 2.05) is 0 Å². The van der Waals surface area contributed by atoms with Crippen molar-refractivity contribution in [1.82, 2.24) is 4.37 Å². The minimum Gasteiger partial charge on any atom is -0.478 e. The first-order valence-electron chi connectivity index (χ1n) is 5.32. The highest BCUT2D eigenvalue weighted by atomic mass is 32.1. The Labute approximate surface area is 111 Å². The number of nitrogens with zero attached hydrogens (tertiary/aromatic N) is 1. The quantitative estimate of drug-likeness (QED) is 0.905. The van der Waals surface area contributed by atoms with Gasteiger partial charge in [-0.05, 0) is 37.0 Å². The van der Waals surface area contributed by atoms with Crippen LogP contribution in [-0.4, -0.2) is 15.4 Å². The maximum atomic E-state index is 13.7. The molecule has 100 valence electrons. The standard InChI is InChI=1S/C12H10F2N2O2S/c1-5-3-8(14)9(4-7(5)13)15-11-10(12(17)18)6(2)16-19-11/h3-4,15H,1-2H3,(H,17,18). The van der Waals surface area contributed by atoms with Crippen LogP contribution in [0, 0.1) is 25.5 Å². The predicted molar refractivity (Wildman–Crippen MR) is 68.2 cm³/mol. The Morgan fingerprint density at radius 1 is 1.32 bits per heavy atom. The van der Waals surface area contributed by atoms with Gasteiger partial charge in [-0.15, -0.1) is 0 Å². The Morgan fingerprint density at radius 2 is 2.00 bits per heavy atom. The minimum absolute atomic E-state index is 0.0367. The van der Waals surface area contributed by atoms with Crippen molar-refractivity contribution >= 4 is 28.2 Å². The Hall–Kier alpha value is -2.02. The van der Waals surface area contributed by atoms with Crippen molar-refractivity contribution in [3.05, 3.63) is 40.6 Å². The average Bonchev–Trinajstić information content (AvgIpc) is 2.67. The molecular formula is C12H10F2N2O2S. The summed E-state index contributed by atoms with van der Waals surface area (Å²) in [7, 11) is 0. The van der Waals surface area contributed by atoms with Gasteiger partial charge >= 0.3 is 5.97 Å². The fourth-order valence-electron chi connectivity index (χ4n) is 1.57. The number of hydrogen-bond acceptors (Lipinski definition) is 4. The van der Waals surface area contributed by atoms with Gasteiger partial charge in [-0.25, -0.2) is 13.6 Å². The highest BCUT2D eigenvalue weighted by Gasteiger charge is 2.19. The van der Waals surface area contributed by atoms with Crippen molar-refractivity contribution in [1.29, 1.82) is 0 Å². The number of anilines is 2. The maximum absolute atomic E-state index is 13.7. The van der Waals surface area contributed by atoms with Gasteiger partial charge in [-0.3, -0.25) is 0 Å². The number of aromatic nitrogens is 1. The van der Waals surface area contributed by atoms with Crippen LogP contribution >= 0.6 is 11.5 Å². The number of nitrogens with one attached hydrogen (secondary N) is 1. The fraction of sp³-hybridized carbons (Fsp3) is 0.167. The largest absolute Gasteiger partial charge is 0.478 e. The first-order chi connectivity index (χ1) is 8.90. The third-order valence-electron chi connectivity index (χ3n) is 2.57. The molecule has 0 aliphatic rings. The summed E-state index contributed by atoms with van der Waals surface area (Å²) in [5.41, 5.74) is 0.356. The second kappa shape index (κ2) is 4.93. The molecule has 0 radical (unpaired) electrons. The fourth-order valence-corrected chi connectivity index (χ4v) is 2.37. The molecule has 2 rings (SSSR count). The predicted octanol–water partition coefficient (Wildman–Crippen LogP) is 3.48. The summed E-state index contributed by atoms with van der Waals surface area (Å²) in [6.45, 7) is 2.99.